The molecule has 0 amide bonds. The van der Waals surface area contributed by atoms with Crippen molar-refractivity contribution in [2.75, 3.05) is 6.54 Å². The maximum atomic E-state index is 14.6. The highest BCUT2D eigenvalue weighted by atomic mass is 19.1. The number of halogens is 2. The monoisotopic (exact) mass is 503 g/mol. The van der Waals surface area contributed by atoms with Gasteiger partial charge in [-0.25, -0.2) is 8.78 Å². The summed E-state index contributed by atoms with van der Waals surface area (Å²) in [4.78, 5) is 1.85. The number of benzene rings is 2. The van der Waals surface area contributed by atoms with Gasteiger partial charge in [-0.2, -0.15) is 0 Å². The molecule has 0 N–H and O–H groups in total. The molecule has 3 heteroatoms. The molecule has 37 heavy (non-hydrogen) atoms. The molecule has 0 saturated carbocycles. The van der Waals surface area contributed by atoms with Crippen LogP contribution in [0.15, 0.2) is 85.1 Å². The van der Waals surface area contributed by atoms with Crippen molar-refractivity contribution < 1.29 is 8.78 Å². The van der Waals surface area contributed by atoms with Gasteiger partial charge in [-0.05, 0) is 79.5 Å². The Morgan fingerprint density at radius 2 is 1.70 bits per heavy atom. The molecule has 0 aliphatic carbocycles. The van der Waals surface area contributed by atoms with E-state index in [9.17, 15) is 8.78 Å². The van der Waals surface area contributed by atoms with Gasteiger partial charge in [0, 0.05) is 17.9 Å². The lowest BCUT2D eigenvalue weighted by Crippen LogP contribution is -2.24. The average molecular weight is 504 g/mol. The summed E-state index contributed by atoms with van der Waals surface area (Å²) in [6, 6.07) is 10.5. The van der Waals surface area contributed by atoms with E-state index in [4.69, 9.17) is 0 Å². The van der Waals surface area contributed by atoms with E-state index in [1.54, 1.807) is 0 Å². The summed E-state index contributed by atoms with van der Waals surface area (Å²) in [5, 5.41) is 0. The van der Waals surface area contributed by atoms with Gasteiger partial charge in [0.25, 0.3) is 0 Å². The summed E-state index contributed by atoms with van der Waals surface area (Å²) in [5.41, 5.74) is 6.96. The minimum absolute atomic E-state index is 0.0521. The Morgan fingerprint density at radius 3 is 2.24 bits per heavy atom. The van der Waals surface area contributed by atoms with E-state index in [1.807, 2.05) is 30.9 Å². The zero-order valence-corrected chi connectivity index (χ0v) is 23.7. The van der Waals surface area contributed by atoms with E-state index in [2.05, 4.69) is 78.1 Å². The van der Waals surface area contributed by atoms with Crippen LogP contribution in [0.4, 0.5) is 8.78 Å². The molecule has 2 aromatic carbocycles. The normalized spacial score (nSPS) is 12.8. The van der Waals surface area contributed by atoms with Crippen molar-refractivity contribution in [3.05, 3.63) is 119 Å². The van der Waals surface area contributed by atoms with Gasteiger partial charge >= 0.3 is 0 Å². The first-order valence-electron chi connectivity index (χ1n) is 13.1. The Labute approximate surface area is 223 Å². The molecule has 0 bridgehead atoms. The molecular formula is C34H43F2N. The van der Waals surface area contributed by atoms with Crippen molar-refractivity contribution >= 4 is 11.3 Å². The third kappa shape index (κ3) is 8.70. The molecule has 0 aliphatic heterocycles. The Hall–Kier alpha value is -3.20. The Kier molecular flexibility index (Phi) is 10.9. The van der Waals surface area contributed by atoms with Crippen LogP contribution in [0, 0.1) is 24.0 Å². The molecule has 0 aromatic heterocycles. The maximum Gasteiger partial charge on any atom is 0.135 e. The molecule has 0 aliphatic rings. The summed E-state index contributed by atoms with van der Waals surface area (Å²) in [6.07, 6.45) is 11.1. The fourth-order valence-corrected chi connectivity index (χ4v) is 4.54. The standard InChI is InChI=1S/C34H43F2N/c1-10-14-29-19-20-30(21-25(29)4)28(11-2)16-12-15-26(5)37(23-24(3)22-34(7,8)9)27(6)33-31(35)17-13-18-32(33)36/h11-13,15-21H,3,6,10,14,22-23H2,1-2,4-5,7-9H3/b16-12-,26-15+,28-11+. The Bertz CT molecular complexity index is 1180. The van der Waals surface area contributed by atoms with Crippen LogP contribution in [-0.4, -0.2) is 11.4 Å². The Balaban J connectivity index is 2.37. The SMILES string of the molecule is C=C(CN(C(=C)c1c(F)cccc1F)/C(C)=C/C=C\C(=C/C)c1ccc(CCC)c(C)c1)CC(C)(C)C. The third-order valence-corrected chi connectivity index (χ3v) is 6.28. The van der Waals surface area contributed by atoms with Crippen molar-refractivity contribution in [3.63, 3.8) is 0 Å². The van der Waals surface area contributed by atoms with Gasteiger partial charge in [0.1, 0.15) is 11.6 Å². The van der Waals surface area contributed by atoms with Gasteiger partial charge in [-0.3, -0.25) is 0 Å². The molecule has 0 spiro atoms. The second-order valence-corrected chi connectivity index (χ2v) is 10.9. The minimum Gasteiger partial charge on any atom is -0.341 e. The van der Waals surface area contributed by atoms with Crippen molar-refractivity contribution in [2.45, 2.75) is 67.7 Å². The van der Waals surface area contributed by atoms with Gasteiger partial charge in [-0.1, -0.05) is 95.3 Å². The third-order valence-electron chi connectivity index (χ3n) is 6.28. The van der Waals surface area contributed by atoms with Crippen LogP contribution >= 0.6 is 0 Å². The highest BCUT2D eigenvalue weighted by Gasteiger charge is 2.21. The fourth-order valence-electron chi connectivity index (χ4n) is 4.54. The van der Waals surface area contributed by atoms with E-state index in [-0.39, 0.29) is 16.7 Å². The van der Waals surface area contributed by atoms with Gasteiger partial charge in [0.05, 0.1) is 5.56 Å². The van der Waals surface area contributed by atoms with Crippen LogP contribution < -0.4 is 0 Å². The number of rotatable bonds is 11. The fraction of sp³-hybridized carbons (Fsp3) is 0.353. The molecule has 198 valence electrons. The van der Waals surface area contributed by atoms with Crippen LogP contribution in [0.1, 0.15) is 76.6 Å². The lowest BCUT2D eigenvalue weighted by atomic mass is 9.88. The summed E-state index contributed by atoms with van der Waals surface area (Å²) < 4.78 is 29.3. The number of aryl methyl sites for hydroxylation is 2. The van der Waals surface area contributed by atoms with E-state index in [0.717, 1.165) is 41.7 Å². The summed E-state index contributed by atoms with van der Waals surface area (Å²) >= 11 is 0. The lowest BCUT2D eigenvalue weighted by Gasteiger charge is -2.30. The summed E-state index contributed by atoms with van der Waals surface area (Å²) in [5.74, 6) is -1.25. The molecule has 0 atom stereocenters. The highest BCUT2D eigenvalue weighted by molar-refractivity contribution is 5.74. The first-order chi connectivity index (χ1) is 17.4. The zero-order valence-electron chi connectivity index (χ0n) is 23.7. The van der Waals surface area contributed by atoms with Crippen molar-refractivity contribution in [3.8, 4) is 0 Å². The van der Waals surface area contributed by atoms with Crippen molar-refractivity contribution in [1.29, 1.82) is 0 Å². The lowest BCUT2D eigenvalue weighted by molar-refractivity contribution is 0.391. The largest absolute Gasteiger partial charge is 0.341 e. The van der Waals surface area contributed by atoms with E-state index < -0.39 is 11.6 Å². The molecular weight excluding hydrogens is 460 g/mol. The summed E-state index contributed by atoms with van der Waals surface area (Å²) in [6.45, 7) is 23.5. The second kappa shape index (κ2) is 13.4. The highest BCUT2D eigenvalue weighted by Crippen LogP contribution is 2.30. The van der Waals surface area contributed by atoms with Crippen molar-refractivity contribution in [2.24, 2.45) is 5.41 Å². The molecule has 0 unspecified atom stereocenters. The average Bonchev–Trinajstić information content (AvgIpc) is 2.80. The van der Waals surface area contributed by atoms with E-state index >= 15 is 0 Å². The first-order valence-corrected chi connectivity index (χ1v) is 13.1. The molecule has 1 nitrogen and oxygen atoms in total. The topological polar surface area (TPSA) is 3.24 Å². The van der Waals surface area contributed by atoms with Crippen LogP contribution in [0.5, 0.6) is 0 Å². The Morgan fingerprint density at radius 1 is 1.05 bits per heavy atom. The number of allylic oxidation sites excluding steroid dienone is 6. The number of hydrogen-bond donors (Lipinski definition) is 0. The number of hydrogen-bond acceptors (Lipinski definition) is 1. The molecule has 2 rings (SSSR count). The van der Waals surface area contributed by atoms with Crippen molar-refractivity contribution in [1.82, 2.24) is 4.90 Å². The van der Waals surface area contributed by atoms with Gasteiger partial charge in [0.15, 0.2) is 0 Å². The maximum absolute atomic E-state index is 14.6. The smallest absolute Gasteiger partial charge is 0.135 e. The van der Waals surface area contributed by atoms with E-state index in [1.165, 1.54) is 29.3 Å². The molecule has 0 saturated heterocycles. The molecule has 0 radical (unpaired) electrons. The molecule has 0 fully saturated rings. The van der Waals surface area contributed by atoms with Gasteiger partial charge < -0.3 is 4.90 Å². The van der Waals surface area contributed by atoms with Crippen LogP contribution in [0.25, 0.3) is 11.3 Å². The predicted octanol–water partition coefficient (Wildman–Crippen LogP) is 10.1. The zero-order chi connectivity index (χ0) is 27.8. The number of nitrogens with zero attached hydrogens (tertiary/aromatic N) is 1. The van der Waals surface area contributed by atoms with Gasteiger partial charge in [0.2, 0.25) is 0 Å². The van der Waals surface area contributed by atoms with Crippen LogP contribution in [0.2, 0.25) is 0 Å². The minimum atomic E-state index is -0.627. The van der Waals surface area contributed by atoms with Crippen LogP contribution in [0.3, 0.4) is 0 Å². The predicted molar refractivity (Wildman–Crippen MR) is 157 cm³/mol. The second-order valence-electron chi connectivity index (χ2n) is 10.9. The molecule has 2 aromatic rings. The molecule has 0 heterocycles. The van der Waals surface area contributed by atoms with Crippen LogP contribution in [-0.2, 0) is 6.42 Å². The van der Waals surface area contributed by atoms with Gasteiger partial charge in [-0.15, -0.1) is 0 Å². The summed E-state index contributed by atoms with van der Waals surface area (Å²) in [7, 11) is 0. The quantitative estimate of drug-likeness (QED) is 0.218. The first kappa shape index (κ1) is 30.0. The van der Waals surface area contributed by atoms with E-state index in [0.29, 0.717) is 6.54 Å².